The van der Waals surface area contributed by atoms with E-state index in [-0.39, 0.29) is 24.5 Å². The van der Waals surface area contributed by atoms with Crippen molar-refractivity contribution in [3.63, 3.8) is 0 Å². The van der Waals surface area contributed by atoms with Gasteiger partial charge in [0, 0.05) is 6.20 Å². The van der Waals surface area contributed by atoms with Gasteiger partial charge in [-0.1, -0.05) is 0 Å². The standard InChI is InChI=1S/C15H13F3N2O3/c1-10-12(4-5-13(20-10)15(16,17)18)14(21)23-8-7-22-11-3-2-6-19-9-11/h2-6,9H,7-8H2,1H3. The maximum absolute atomic E-state index is 12.5. The van der Waals surface area contributed by atoms with Crippen LogP contribution < -0.4 is 4.74 Å². The number of hydrogen-bond donors (Lipinski definition) is 0. The highest BCUT2D eigenvalue weighted by molar-refractivity contribution is 5.90. The highest BCUT2D eigenvalue weighted by Crippen LogP contribution is 2.28. The van der Waals surface area contributed by atoms with Gasteiger partial charge in [-0.25, -0.2) is 9.78 Å². The molecule has 0 saturated carbocycles. The van der Waals surface area contributed by atoms with Crippen molar-refractivity contribution in [1.29, 1.82) is 0 Å². The molecule has 0 aliphatic rings. The summed E-state index contributed by atoms with van der Waals surface area (Å²) in [5, 5.41) is 0. The first-order valence-electron chi connectivity index (χ1n) is 6.62. The lowest BCUT2D eigenvalue weighted by Gasteiger charge is -2.10. The Kier molecular flexibility index (Phi) is 5.15. The summed E-state index contributed by atoms with van der Waals surface area (Å²) in [7, 11) is 0. The molecule has 2 heterocycles. The number of esters is 1. The molecular formula is C15H13F3N2O3. The van der Waals surface area contributed by atoms with Gasteiger partial charge in [0.1, 0.15) is 24.7 Å². The highest BCUT2D eigenvalue weighted by atomic mass is 19.4. The first-order chi connectivity index (χ1) is 10.9. The molecule has 5 nitrogen and oxygen atoms in total. The van der Waals surface area contributed by atoms with Crippen LogP contribution in [-0.4, -0.2) is 29.2 Å². The van der Waals surface area contributed by atoms with Gasteiger partial charge in [-0.2, -0.15) is 13.2 Å². The molecule has 0 unspecified atom stereocenters. The first-order valence-corrected chi connectivity index (χ1v) is 6.62. The van der Waals surface area contributed by atoms with E-state index in [1.165, 1.54) is 13.1 Å². The number of nitrogens with zero attached hydrogens (tertiary/aromatic N) is 2. The van der Waals surface area contributed by atoms with Crippen LogP contribution in [0.1, 0.15) is 21.7 Å². The van der Waals surface area contributed by atoms with E-state index in [9.17, 15) is 18.0 Å². The molecule has 0 amide bonds. The summed E-state index contributed by atoms with van der Waals surface area (Å²) in [6, 6.07) is 5.18. The summed E-state index contributed by atoms with van der Waals surface area (Å²) in [6.07, 6.45) is -1.45. The Labute approximate surface area is 130 Å². The van der Waals surface area contributed by atoms with Crippen molar-refractivity contribution < 1.29 is 27.4 Å². The van der Waals surface area contributed by atoms with Crippen molar-refractivity contribution in [2.45, 2.75) is 13.1 Å². The number of halogens is 3. The van der Waals surface area contributed by atoms with Crippen LogP contribution in [-0.2, 0) is 10.9 Å². The number of rotatable bonds is 5. The van der Waals surface area contributed by atoms with Crippen LogP contribution in [0.4, 0.5) is 13.2 Å². The summed E-state index contributed by atoms with van der Waals surface area (Å²) < 4.78 is 47.8. The third-order valence-corrected chi connectivity index (χ3v) is 2.82. The Hall–Kier alpha value is -2.64. The fourth-order valence-corrected chi connectivity index (χ4v) is 1.74. The van der Waals surface area contributed by atoms with E-state index in [1.807, 2.05) is 0 Å². The molecule has 0 N–H and O–H groups in total. The highest BCUT2D eigenvalue weighted by Gasteiger charge is 2.33. The molecule has 0 spiro atoms. The summed E-state index contributed by atoms with van der Waals surface area (Å²) in [5.74, 6) is -0.227. The number of alkyl halides is 3. The topological polar surface area (TPSA) is 61.3 Å². The SMILES string of the molecule is Cc1nc(C(F)(F)F)ccc1C(=O)OCCOc1cccnc1. The molecule has 23 heavy (non-hydrogen) atoms. The molecule has 0 aliphatic heterocycles. The third kappa shape index (κ3) is 4.67. The van der Waals surface area contributed by atoms with E-state index in [0.717, 1.165) is 12.1 Å². The molecule has 0 atom stereocenters. The molecule has 2 aromatic heterocycles. The average Bonchev–Trinajstić information content (AvgIpc) is 2.51. The number of ether oxygens (including phenoxy) is 2. The smallest absolute Gasteiger partial charge is 0.433 e. The summed E-state index contributed by atoms with van der Waals surface area (Å²) in [5.41, 5.74) is -1.11. The fraction of sp³-hybridized carbons (Fsp3) is 0.267. The van der Waals surface area contributed by atoms with Gasteiger partial charge in [-0.15, -0.1) is 0 Å². The number of hydrogen-bond acceptors (Lipinski definition) is 5. The van der Waals surface area contributed by atoms with Crippen molar-refractivity contribution >= 4 is 5.97 Å². The third-order valence-electron chi connectivity index (χ3n) is 2.82. The number of pyridine rings is 2. The lowest BCUT2D eigenvalue weighted by atomic mass is 10.2. The second-order valence-corrected chi connectivity index (χ2v) is 4.50. The van der Waals surface area contributed by atoms with Crippen LogP contribution in [0, 0.1) is 6.92 Å². The van der Waals surface area contributed by atoms with Crippen LogP contribution >= 0.6 is 0 Å². The molecule has 0 fully saturated rings. The Morgan fingerprint density at radius 1 is 1.22 bits per heavy atom. The molecule has 122 valence electrons. The molecule has 0 bridgehead atoms. The van der Waals surface area contributed by atoms with Gasteiger partial charge >= 0.3 is 12.1 Å². The largest absolute Gasteiger partial charge is 0.488 e. The summed E-state index contributed by atoms with van der Waals surface area (Å²) >= 11 is 0. The van der Waals surface area contributed by atoms with Gasteiger partial charge in [0.15, 0.2) is 0 Å². The maximum atomic E-state index is 12.5. The molecule has 0 aromatic carbocycles. The zero-order valence-electron chi connectivity index (χ0n) is 12.1. The van der Waals surface area contributed by atoms with Gasteiger partial charge in [0.25, 0.3) is 0 Å². The van der Waals surface area contributed by atoms with E-state index >= 15 is 0 Å². The fourth-order valence-electron chi connectivity index (χ4n) is 1.74. The van der Waals surface area contributed by atoms with Crippen LogP contribution in [0.5, 0.6) is 5.75 Å². The zero-order chi connectivity index (χ0) is 16.9. The Morgan fingerprint density at radius 2 is 2.00 bits per heavy atom. The number of aromatic nitrogens is 2. The van der Waals surface area contributed by atoms with Crippen molar-refractivity contribution in [1.82, 2.24) is 9.97 Å². The van der Waals surface area contributed by atoms with Crippen molar-refractivity contribution in [2.24, 2.45) is 0 Å². The van der Waals surface area contributed by atoms with Crippen molar-refractivity contribution in [3.05, 3.63) is 53.6 Å². The van der Waals surface area contributed by atoms with E-state index in [4.69, 9.17) is 9.47 Å². The zero-order valence-corrected chi connectivity index (χ0v) is 12.1. The number of carbonyl (C=O) groups is 1. The quantitative estimate of drug-likeness (QED) is 0.624. The van der Waals surface area contributed by atoms with Crippen LogP contribution in [0.25, 0.3) is 0 Å². The second kappa shape index (κ2) is 7.08. The Balaban J connectivity index is 1.88. The number of carbonyl (C=O) groups excluding carboxylic acids is 1. The lowest BCUT2D eigenvalue weighted by molar-refractivity contribution is -0.141. The minimum Gasteiger partial charge on any atom is -0.488 e. The van der Waals surface area contributed by atoms with Crippen molar-refractivity contribution in [2.75, 3.05) is 13.2 Å². The van der Waals surface area contributed by atoms with Crippen LogP contribution in [0.15, 0.2) is 36.7 Å². The molecular weight excluding hydrogens is 313 g/mol. The molecule has 2 rings (SSSR count). The van der Waals surface area contributed by atoms with E-state index in [1.54, 1.807) is 18.3 Å². The van der Waals surface area contributed by atoms with Crippen LogP contribution in [0.3, 0.4) is 0 Å². The monoisotopic (exact) mass is 326 g/mol. The van der Waals surface area contributed by atoms with Gasteiger partial charge < -0.3 is 9.47 Å². The average molecular weight is 326 g/mol. The normalized spacial score (nSPS) is 11.1. The summed E-state index contributed by atoms with van der Waals surface area (Å²) in [6.45, 7) is 1.37. The molecule has 0 aliphatic carbocycles. The van der Waals surface area contributed by atoms with Gasteiger partial charge in [-0.3, -0.25) is 4.98 Å². The predicted octanol–water partition coefficient (Wildman–Crippen LogP) is 3.04. The lowest BCUT2D eigenvalue weighted by Crippen LogP contribution is -2.15. The van der Waals surface area contributed by atoms with Crippen molar-refractivity contribution in [3.8, 4) is 5.75 Å². The Morgan fingerprint density at radius 3 is 2.61 bits per heavy atom. The maximum Gasteiger partial charge on any atom is 0.433 e. The van der Waals surface area contributed by atoms with Crippen LogP contribution in [0.2, 0.25) is 0 Å². The van der Waals surface area contributed by atoms with Gasteiger partial charge in [0.05, 0.1) is 17.5 Å². The van der Waals surface area contributed by atoms with Gasteiger partial charge in [0.2, 0.25) is 0 Å². The molecule has 0 radical (unpaired) electrons. The minimum atomic E-state index is -4.55. The van der Waals surface area contributed by atoms with E-state index in [2.05, 4.69) is 9.97 Å². The summed E-state index contributed by atoms with van der Waals surface area (Å²) in [4.78, 5) is 19.1. The second-order valence-electron chi connectivity index (χ2n) is 4.50. The molecule has 2 aromatic rings. The van der Waals surface area contributed by atoms with E-state index in [0.29, 0.717) is 5.75 Å². The van der Waals surface area contributed by atoms with E-state index < -0.39 is 17.8 Å². The minimum absolute atomic E-state index is 0.0145. The first kappa shape index (κ1) is 16.7. The Bertz CT molecular complexity index is 675. The predicted molar refractivity (Wildman–Crippen MR) is 74.0 cm³/mol. The van der Waals surface area contributed by atoms with Gasteiger partial charge in [-0.05, 0) is 31.2 Å². The molecule has 0 saturated heterocycles. The number of aryl methyl sites for hydroxylation is 1. The molecule has 8 heteroatoms.